The molecule has 0 unspecified atom stereocenters. The van der Waals surface area contributed by atoms with Crippen LogP contribution >= 0.6 is 0 Å². The molecule has 0 saturated heterocycles. The number of aromatic nitrogens is 1. The highest BCUT2D eigenvalue weighted by atomic mass is 16.5. The maximum Gasteiger partial charge on any atom is 0.355 e. The van der Waals surface area contributed by atoms with Gasteiger partial charge in [-0.15, -0.1) is 0 Å². The highest BCUT2D eigenvalue weighted by molar-refractivity contribution is 5.95. The number of methoxy groups -OCH3 is 1. The molecule has 1 heterocycles. The summed E-state index contributed by atoms with van der Waals surface area (Å²) in [4.78, 5) is 26.9. The lowest BCUT2D eigenvalue weighted by Gasteiger charge is -2.09. The van der Waals surface area contributed by atoms with Gasteiger partial charge in [0.1, 0.15) is 11.4 Å². The normalized spacial score (nSPS) is 10.5. The summed E-state index contributed by atoms with van der Waals surface area (Å²) in [6, 6.07) is 16.9. The highest BCUT2D eigenvalue weighted by Crippen LogP contribution is 2.17. The molecule has 0 aliphatic rings. The number of hydrogen-bond acceptors (Lipinski definition) is 4. The van der Waals surface area contributed by atoms with E-state index in [1.54, 1.807) is 13.2 Å². The molecule has 0 aliphatic heterocycles. The lowest BCUT2D eigenvalue weighted by Crippen LogP contribution is -2.30. The van der Waals surface area contributed by atoms with Gasteiger partial charge in [-0.2, -0.15) is 0 Å². The van der Waals surface area contributed by atoms with Crippen LogP contribution in [0.1, 0.15) is 16.1 Å². The van der Waals surface area contributed by atoms with Gasteiger partial charge in [0.05, 0.1) is 7.11 Å². The number of esters is 1. The summed E-state index contributed by atoms with van der Waals surface area (Å²) in [5, 5.41) is 3.65. The van der Waals surface area contributed by atoms with Crippen molar-refractivity contribution in [3.05, 3.63) is 65.9 Å². The second-order valence-corrected chi connectivity index (χ2v) is 5.76. The molecule has 0 fully saturated rings. The van der Waals surface area contributed by atoms with Crippen LogP contribution in [0.15, 0.2) is 54.6 Å². The molecule has 0 radical (unpaired) electrons. The van der Waals surface area contributed by atoms with Gasteiger partial charge in [0, 0.05) is 17.4 Å². The Hall–Kier alpha value is -3.28. The molecule has 26 heavy (non-hydrogen) atoms. The number of aromatic amines is 1. The van der Waals surface area contributed by atoms with E-state index in [0.29, 0.717) is 18.7 Å². The number of rotatable bonds is 7. The number of fused-ring (bicyclic) bond motifs is 1. The first-order valence-corrected chi connectivity index (χ1v) is 8.31. The largest absolute Gasteiger partial charge is 0.496 e. The second kappa shape index (κ2) is 8.20. The van der Waals surface area contributed by atoms with Crippen LogP contribution in [0.4, 0.5) is 0 Å². The van der Waals surface area contributed by atoms with E-state index >= 15 is 0 Å². The van der Waals surface area contributed by atoms with E-state index in [9.17, 15) is 9.59 Å². The van der Waals surface area contributed by atoms with Gasteiger partial charge in [0.25, 0.3) is 5.91 Å². The first kappa shape index (κ1) is 17.5. The Labute approximate surface area is 151 Å². The summed E-state index contributed by atoms with van der Waals surface area (Å²) < 4.78 is 10.3. The molecule has 1 amide bonds. The van der Waals surface area contributed by atoms with Gasteiger partial charge in [-0.05, 0) is 30.2 Å². The van der Waals surface area contributed by atoms with E-state index in [0.717, 1.165) is 22.2 Å². The van der Waals surface area contributed by atoms with E-state index in [4.69, 9.17) is 9.47 Å². The maximum absolute atomic E-state index is 12.0. The van der Waals surface area contributed by atoms with Gasteiger partial charge in [-0.3, -0.25) is 4.79 Å². The molecule has 134 valence electrons. The Bertz CT molecular complexity index is 884. The standard InChI is InChI=1S/C20H20N2O4/c1-25-18-9-5-3-6-14(18)10-11-21-19(23)13-26-20(24)17-12-15-7-2-4-8-16(15)22-17/h2-9,12,22H,10-11,13H2,1H3,(H,21,23). The third kappa shape index (κ3) is 4.22. The number of nitrogens with one attached hydrogen (secondary N) is 2. The van der Waals surface area contributed by atoms with Crippen LogP contribution < -0.4 is 10.1 Å². The van der Waals surface area contributed by atoms with Crippen molar-refractivity contribution in [2.24, 2.45) is 0 Å². The minimum atomic E-state index is -0.555. The summed E-state index contributed by atoms with van der Waals surface area (Å²) >= 11 is 0. The fourth-order valence-electron chi connectivity index (χ4n) is 2.69. The molecule has 1 aromatic heterocycles. The van der Waals surface area contributed by atoms with Gasteiger partial charge in [-0.1, -0.05) is 36.4 Å². The number of benzene rings is 2. The minimum absolute atomic E-state index is 0.319. The van der Waals surface area contributed by atoms with Gasteiger partial charge in [-0.25, -0.2) is 4.79 Å². The van der Waals surface area contributed by atoms with Gasteiger partial charge < -0.3 is 19.8 Å². The first-order valence-electron chi connectivity index (χ1n) is 8.31. The molecule has 2 N–H and O–H groups in total. The molecule has 3 aromatic rings. The average Bonchev–Trinajstić information content (AvgIpc) is 3.11. The Kier molecular flexibility index (Phi) is 5.53. The molecule has 0 saturated carbocycles. The number of ether oxygens (including phenoxy) is 2. The van der Waals surface area contributed by atoms with E-state index in [1.165, 1.54) is 0 Å². The van der Waals surface area contributed by atoms with E-state index in [2.05, 4.69) is 10.3 Å². The van der Waals surface area contributed by atoms with E-state index in [1.807, 2.05) is 48.5 Å². The number of hydrogen-bond donors (Lipinski definition) is 2. The average molecular weight is 352 g/mol. The fourth-order valence-corrected chi connectivity index (χ4v) is 2.69. The van der Waals surface area contributed by atoms with Crippen molar-refractivity contribution in [3.63, 3.8) is 0 Å². The van der Waals surface area contributed by atoms with Crippen molar-refractivity contribution in [2.45, 2.75) is 6.42 Å². The van der Waals surface area contributed by atoms with Crippen molar-refractivity contribution in [3.8, 4) is 5.75 Å². The molecular formula is C20H20N2O4. The highest BCUT2D eigenvalue weighted by Gasteiger charge is 2.13. The molecule has 0 atom stereocenters. The first-order chi connectivity index (χ1) is 12.7. The quantitative estimate of drug-likeness (QED) is 0.641. The third-order valence-corrected chi connectivity index (χ3v) is 3.99. The smallest absolute Gasteiger partial charge is 0.355 e. The van der Waals surface area contributed by atoms with Crippen LogP contribution in [0.3, 0.4) is 0 Å². The molecule has 6 heteroatoms. The molecule has 3 rings (SSSR count). The third-order valence-electron chi connectivity index (χ3n) is 3.99. The lowest BCUT2D eigenvalue weighted by atomic mass is 10.1. The van der Waals surface area contributed by atoms with Crippen molar-refractivity contribution in [1.82, 2.24) is 10.3 Å². The van der Waals surface area contributed by atoms with Crippen LogP contribution in [0, 0.1) is 0 Å². The summed E-state index contributed by atoms with van der Waals surface area (Å²) in [7, 11) is 1.61. The minimum Gasteiger partial charge on any atom is -0.496 e. The zero-order chi connectivity index (χ0) is 18.4. The van der Waals surface area contributed by atoms with Crippen molar-refractivity contribution in [1.29, 1.82) is 0 Å². The van der Waals surface area contributed by atoms with Crippen LogP contribution in [0.2, 0.25) is 0 Å². The van der Waals surface area contributed by atoms with E-state index < -0.39 is 5.97 Å². The van der Waals surface area contributed by atoms with Crippen LogP contribution in [-0.4, -0.2) is 37.1 Å². The van der Waals surface area contributed by atoms with Crippen LogP contribution in [0.5, 0.6) is 5.75 Å². The van der Waals surface area contributed by atoms with Crippen molar-refractivity contribution >= 4 is 22.8 Å². The molecule has 6 nitrogen and oxygen atoms in total. The lowest BCUT2D eigenvalue weighted by molar-refractivity contribution is -0.124. The number of amides is 1. The van der Waals surface area contributed by atoms with Crippen LogP contribution in [-0.2, 0) is 16.0 Å². The molecule has 0 bridgehead atoms. The van der Waals surface area contributed by atoms with Gasteiger partial charge in [0.2, 0.25) is 0 Å². The number of para-hydroxylation sites is 2. The Morgan fingerprint density at radius 1 is 1.08 bits per heavy atom. The number of carbonyl (C=O) groups is 2. The molecule has 0 spiro atoms. The summed E-state index contributed by atoms with van der Waals surface area (Å²) in [5.74, 6) is -0.113. The van der Waals surface area contributed by atoms with E-state index in [-0.39, 0.29) is 12.5 Å². The maximum atomic E-state index is 12.0. The Balaban J connectivity index is 1.45. The summed E-state index contributed by atoms with van der Waals surface area (Å²) in [6.45, 7) is 0.114. The van der Waals surface area contributed by atoms with Crippen molar-refractivity contribution < 1.29 is 19.1 Å². The Morgan fingerprint density at radius 2 is 1.85 bits per heavy atom. The number of carbonyl (C=O) groups excluding carboxylic acids is 2. The fraction of sp³-hybridized carbons (Fsp3) is 0.200. The zero-order valence-corrected chi connectivity index (χ0v) is 14.5. The van der Waals surface area contributed by atoms with Gasteiger partial charge >= 0.3 is 5.97 Å². The molecule has 2 aromatic carbocycles. The van der Waals surface area contributed by atoms with Crippen molar-refractivity contribution in [2.75, 3.05) is 20.3 Å². The molecular weight excluding hydrogens is 332 g/mol. The predicted octanol–water partition coefficient (Wildman–Crippen LogP) is 2.69. The second-order valence-electron chi connectivity index (χ2n) is 5.76. The monoisotopic (exact) mass is 352 g/mol. The number of H-pyrrole nitrogens is 1. The van der Waals surface area contributed by atoms with Gasteiger partial charge in [0.15, 0.2) is 6.61 Å². The zero-order valence-electron chi connectivity index (χ0n) is 14.5. The SMILES string of the molecule is COc1ccccc1CCNC(=O)COC(=O)c1cc2ccccc2[nH]1. The molecule has 0 aliphatic carbocycles. The van der Waals surface area contributed by atoms with Crippen LogP contribution in [0.25, 0.3) is 10.9 Å². The predicted molar refractivity (Wildman–Crippen MR) is 98.3 cm³/mol. The summed E-state index contributed by atoms with van der Waals surface area (Å²) in [5.41, 5.74) is 2.18. The Morgan fingerprint density at radius 3 is 2.65 bits per heavy atom. The topological polar surface area (TPSA) is 80.4 Å². The summed E-state index contributed by atoms with van der Waals surface area (Å²) in [6.07, 6.45) is 0.631.